The van der Waals surface area contributed by atoms with Crippen molar-refractivity contribution < 1.29 is 9.84 Å². The SMILES string of the molecule is CNC1CCOc2c(C)cc(C)cc2C1O. The van der Waals surface area contributed by atoms with Crippen LogP contribution in [0.4, 0.5) is 0 Å². The Bertz CT molecular complexity index is 390. The van der Waals surface area contributed by atoms with E-state index in [1.807, 2.05) is 27.0 Å². The third-order valence-corrected chi connectivity index (χ3v) is 3.19. The summed E-state index contributed by atoms with van der Waals surface area (Å²) < 4.78 is 5.74. The lowest BCUT2D eigenvalue weighted by Crippen LogP contribution is -2.32. The summed E-state index contributed by atoms with van der Waals surface area (Å²) in [5.74, 6) is 0.857. The van der Waals surface area contributed by atoms with Gasteiger partial charge in [-0.05, 0) is 38.9 Å². The van der Waals surface area contributed by atoms with Crippen LogP contribution < -0.4 is 10.1 Å². The van der Waals surface area contributed by atoms with Gasteiger partial charge in [0.2, 0.25) is 0 Å². The third-order valence-electron chi connectivity index (χ3n) is 3.19. The second-order valence-electron chi connectivity index (χ2n) is 4.48. The summed E-state index contributed by atoms with van der Waals surface area (Å²) in [5.41, 5.74) is 3.18. The van der Waals surface area contributed by atoms with Crippen LogP contribution in [0.2, 0.25) is 0 Å². The minimum absolute atomic E-state index is 0.0717. The highest BCUT2D eigenvalue weighted by atomic mass is 16.5. The Morgan fingerprint density at radius 1 is 1.38 bits per heavy atom. The fourth-order valence-electron chi connectivity index (χ4n) is 2.37. The Morgan fingerprint density at radius 2 is 2.12 bits per heavy atom. The van der Waals surface area contributed by atoms with E-state index in [9.17, 15) is 5.11 Å². The molecule has 2 atom stereocenters. The van der Waals surface area contributed by atoms with E-state index in [1.54, 1.807) is 0 Å². The van der Waals surface area contributed by atoms with Crippen molar-refractivity contribution in [2.24, 2.45) is 0 Å². The van der Waals surface area contributed by atoms with Gasteiger partial charge in [0.15, 0.2) is 0 Å². The van der Waals surface area contributed by atoms with Gasteiger partial charge in [-0.2, -0.15) is 0 Å². The maximum absolute atomic E-state index is 10.3. The van der Waals surface area contributed by atoms with Gasteiger partial charge in [-0.15, -0.1) is 0 Å². The molecule has 2 N–H and O–H groups in total. The van der Waals surface area contributed by atoms with Crippen LogP contribution >= 0.6 is 0 Å². The van der Waals surface area contributed by atoms with Crippen LogP contribution in [0, 0.1) is 13.8 Å². The summed E-state index contributed by atoms with van der Waals surface area (Å²) in [6.45, 7) is 4.72. The van der Waals surface area contributed by atoms with Crippen LogP contribution in [-0.2, 0) is 0 Å². The van der Waals surface area contributed by atoms with Crippen molar-refractivity contribution in [3.8, 4) is 5.75 Å². The van der Waals surface area contributed by atoms with Crippen molar-refractivity contribution in [2.45, 2.75) is 32.4 Å². The standard InChI is InChI=1S/C13H19NO2/c1-8-6-9(2)13-10(7-8)12(15)11(14-3)4-5-16-13/h6-7,11-12,14-15H,4-5H2,1-3H3. The Morgan fingerprint density at radius 3 is 2.81 bits per heavy atom. The van der Waals surface area contributed by atoms with Crippen molar-refractivity contribution in [3.05, 3.63) is 28.8 Å². The molecule has 0 bridgehead atoms. The molecule has 0 saturated carbocycles. The first-order chi connectivity index (χ1) is 7.63. The van der Waals surface area contributed by atoms with Crippen LogP contribution in [-0.4, -0.2) is 24.8 Å². The average Bonchev–Trinajstić information content (AvgIpc) is 2.39. The van der Waals surface area contributed by atoms with E-state index in [4.69, 9.17) is 4.74 Å². The van der Waals surface area contributed by atoms with Crippen LogP contribution in [0.15, 0.2) is 12.1 Å². The average molecular weight is 221 g/mol. The Balaban J connectivity index is 2.48. The number of aryl methyl sites for hydroxylation is 2. The molecule has 1 aromatic carbocycles. The smallest absolute Gasteiger partial charge is 0.128 e. The summed E-state index contributed by atoms with van der Waals surface area (Å²) in [5, 5.41) is 13.5. The number of fused-ring (bicyclic) bond motifs is 1. The van der Waals surface area contributed by atoms with Crippen LogP contribution in [0.5, 0.6) is 5.75 Å². The van der Waals surface area contributed by atoms with Gasteiger partial charge in [0.05, 0.1) is 12.7 Å². The Hall–Kier alpha value is -1.06. The molecule has 1 aliphatic rings. The minimum Gasteiger partial charge on any atom is -0.493 e. The van der Waals surface area contributed by atoms with E-state index in [0.29, 0.717) is 6.61 Å². The van der Waals surface area contributed by atoms with Gasteiger partial charge in [-0.1, -0.05) is 11.6 Å². The molecule has 0 aliphatic carbocycles. The molecule has 0 radical (unpaired) electrons. The molecule has 2 unspecified atom stereocenters. The molecule has 16 heavy (non-hydrogen) atoms. The number of hydrogen-bond acceptors (Lipinski definition) is 3. The number of aliphatic hydroxyl groups excluding tert-OH is 1. The number of rotatable bonds is 1. The van der Waals surface area contributed by atoms with Crippen molar-refractivity contribution in [2.75, 3.05) is 13.7 Å². The topological polar surface area (TPSA) is 41.5 Å². The molecule has 0 amide bonds. The summed E-state index contributed by atoms with van der Waals surface area (Å²) >= 11 is 0. The molecule has 0 spiro atoms. The number of ether oxygens (including phenoxy) is 1. The van der Waals surface area contributed by atoms with Crippen molar-refractivity contribution in [1.29, 1.82) is 0 Å². The largest absolute Gasteiger partial charge is 0.493 e. The molecule has 0 fully saturated rings. The minimum atomic E-state index is -0.485. The molecule has 1 aromatic rings. The van der Waals surface area contributed by atoms with Crippen molar-refractivity contribution >= 4 is 0 Å². The van der Waals surface area contributed by atoms with E-state index < -0.39 is 6.10 Å². The monoisotopic (exact) mass is 221 g/mol. The number of hydrogen-bond donors (Lipinski definition) is 2. The van der Waals surface area contributed by atoms with Crippen molar-refractivity contribution in [1.82, 2.24) is 5.32 Å². The molecule has 2 rings (SSSR count). The lowest BCUT2D eigenvalue weighted by atomic mass is 9.96. The quantitative estimate of drug-likeness (QED) is 0.758. The highest BCUT2D eigenvalue weighted by Crippen LogP contribution is 2.35. The number of likely N-dealkylation sites (N-methyl/N-ethyl adjacent to an activating group) is 1. The van der Waals surface area contributed by atoms with Crippen LogP contribution in [0.25, 0.3) is 0 Å². The van der Waals surface area contributed by atoms with E-state index in [1.165, 1.54) is 0 Å². The first-order valence-electron chi connectivity index (χ1n) is 5.72. The second kappa shape index (κ2) is 4.44. The van der Waals surface area contributed by atoms with Gasteiger partial charge in [-0.3, -0.25) is 0 Å². The van der Waals surface area contributed by atoms with E-state index in [0.717, 1.165) is 28.9 Å². The van der Waals surface area contributed by atoms with Gasteiger partial charge in [0, 0.05) is 11.6 Å². The van der Waals surface area contributed by atoms with Crippen LogP contribution in [0.1, 0.15) is 29.2 Å². The lowest BCUT2D eigenvalue weighted by Gasteiger charge is -2.20. The molecule has 0 aromatic heterocycles. The third kappa shape index (κ3) is 1.93. The zero-order chi connectivity index (χ0) is 11.7. The Labute approximate surface area is 96.4 Å². The number of benzene rings is 1. The molecule has 1 aliphatic heterocycles. The lowest BCUT2D eigenvalue weighted by molar-refractivity contribution is 0.130. The molecule has 88 valence electrons. The Kier molecular flexibility index (Phi) is 3.17. The summed E-state index contributed by atoms with van der Waals surface area (Å²) in [4.78, 5) is 0. The summed E-state index contributed by atoms with van der Waals surface area (Å²) in [6.07, 6.45) is 0.339. The highest BCUT2D eigenvalue weighted by Gasteiger charge is 2.26. The molecule has 0 saturated heterocycles. The zero-order valence-corrected chi connectivity index (χ0v) is 10.1. The van der Waals surface area contributed by atoms with E-state index in [-0.39, 0.29) is 6.04 Å². The van der Waals surface area contributed by atoms with Gasteiger partial charge in [-0.25, -0.2) is 0 Å². The fourth-order valence-corrected chi connectivity index (χ4v) is 2.37. The van der Waals surface area contributed by atoms with Gasteiger partial charge < -0.3 is 15.2 Å². The molecule has 1 heterocycles. The molecular formula is C13H19NO2. The molecule has 3 nitrogen and oxygen atoms in total. The number of nitrogens with one attached hydrogen (secondary N) is 1. The normalized spacial score (nSPS) is 24.5. The molecule has 3 heteroatoms. The van der Waals surface area contributed by atoms with E-state index >= 15 is 0 Å². The summed E-state index contributed by atoms with van der Waals surface area (Å²) in [6, 6.07) is 4.18. The maximum atomic E-state index is 10.3. The predicted octanol–water partition coefficient (Wildman–Crippen LogP) is 1.71. The predicted molar refractivity (Wildman–Crippen MR) is 63.8 cm³/mol. The van der Waals surface area contributed by atoms with Gasteiger partial charge in [0.1, 0.15) is 5.75 Å². The first kappa shape index (κ1) is 11.4. The molecular weight excluding hydrogens is 202 g/mol. The van der Waals surface area contributed by atoms with Gasteiger partial charge in [0.25, 0.3) is 0 Å². The second-order valence-corrected chi connectivity index (χ2v) is 4.48. The highest BCUT2D eigenvalue weighted by molar-refractivity contribution is 5.46. The first-order valence-corrected chi connectivity index (χ1v) is 5.72. The summed E-state index contributed by atoms with van der Waals surface area (Å²) in [7, 11) is 1.88. The zero-order valence-electron chi connectivity index (χ0n) is 10.1. The van der Waals surface area contributed by atoms with Crippen molar-refractivity contribution in [3.63, 3.8) is 0 Å². The fraction of sp³-hybridized carbons (Fsp3) is 0.538. The maximum Gasteiger partial charge on any atom is 0.128 e. The van der Waals surface area contributed by atoms with E-state index in [2.05, 4.69) is 11.4 Å². The number of aliphatic hydroxyl groups is 1. The van der Waals surface area contributed by atoms with Gasteiger partial charge >= 0.3 is 0 Å². The van der Waals surface area contributed by atoms with Crippen LogP contribution in [0.3, 0.4) is 0 Å².